The monoisotopic (exact) mass is 559 g/mol. The molecule has 3 heteroatoms. The SMILES string of the molecule is c1cnc2ccc(-c3cc(-c4ccc5ncccc5c4)cc(-c4c5ccccc5nc5c4ccc4ccccc45)c3)cc2c1. The molecular weight excluding hydrogens is 534 g/mol. The fourth-order valence-electron chi connectivity index (χ4n) is 6.55. The average Bonchev–Trinajstić information content (AvgIpc) is 3.10. The molecule has 204 valence electrons. The van der Waals surface area contributed by atoms with E-state index in [-0.39, 0.29) is 0 Å². The highest BCUT2D eigenvalue weighted by Gasteiger charge is 2.16. The van der Waals surface area contributed by atoms with Crippen LogP contribution in [0.1, 0.15) is 0 Å². The topological polar surface area (TPSA) is 38.7 Å². The molecule has 0 bridgehead atoms. The number of hydrogen-bond acceptors (Lipinski definition) is 3. The molecule has 0 saturated heterocycles. The van der Waals surface area contributed by atoms with E-state index in [1.54, 1.807) is 0 Å². The van der Waals surface area contributed by atoms with Crippen LogP contribution < -0.4 is 0 Å². The minimum atomic E-state index is 0.992. The fraction of sp³-hybridized carbons (Fsp3) is 0. The van der Waals surface area contributed by atoms with E-state index >= 15 is 0 Å². The minimum absolute atomic E-state index is 0.992. The van der Waals surface area contributed by atoms with Gasteiger partial charge >= 0.3 is 0 Å². The van der Waals surface area contributed by atoms with Crippen molar-refractivity contribution in [2.75, 3.05) is 0 Å². The van der Waals surface area contributed by atoms with E-state index in [1.807, 2.05) is 24.5 Å². The lowest BCUT2D eigenvalue weighted by atomic mass is 9.89. The maximum atomic E-state index is 5.21. The molecule has 0 aliphatic rings. The number of fused-ring (bicyclic) bond motifs is 6. The molecule has 0 radical (unpaired) electrons. The molecule has 6 aromatic carbocycles. The number of benzene rings is 6. The summed E-state index contributed by atoms with van der Waals surface area (Å²) in [6, 6.07) is 49.8. The second-order valence-electron chi connectivity index (χ2n) is 11.3. The Labute approximate surface area is 254 Å². The highest BCUT2D eigenvalue weighted by Crippen LogP contribution is 2.41. The molecule has 3 aromatic heterocycles. The van der Waals surface area contributed by atoms with Crippen LogP contribution in [-0.2, 0) is 0 Å². The first-order chi connectivity index (χ1) is 21.8. The van der Waals surface area contributed by atoms with Crippen molar-refractivity contribution in [3.05, 3.63) is 152 Å². The molecule has 0 atom stereocenters. The van der Waals surface area contributed by atoms with Gasteiger partial charge in [-0.1, -0.05) is 78.9 Å². The maximum absolute atomic E-state index is 5.21. The normalized spacial score (nSPS) is 11.6. The van der Waals surface area contributed by atoms with Crippen LogP contribution in [0.15, 0.2) is 152 Å². The Bertz CT molecular complexity index is 2470. The summed E-state index contributed by atoms with van der Waals surface area (Å²) in [5.74, 6) is 0. The lowest BCUT2D eigenvalue weighted by molar-refractivity contribution is 1.41. The van der Waals surface area contributed by atoms with Gasteiger partial charge in [0.25, 0.3) is 0 Å². The van der Waals surface area contributed by atoms with Crippen LogP contribution in [0, 0.1) is 0 Å². The molecule has 0 unspecified atom stereocenters. The molecule has 0 N–H and O–H groups in total. The first-order valence-corrected chi connectivity index (χ1v) is 14.8. The zero-order chi connectivity index (χ0) is 29.0. The summed E-state index contributed by atoms with van der Waals surface area (Å²) in [5, 5.41) is 6.90. The number of nitrogens with zero attached hydrogens (tertiary/aromatic N) is 3. The highest BCUT2D eigenvalue weighted by atomic mass is 14.7. The van der Waals surface area contributed by atoms with Crippen molar-refractivity contribution in [3.63, 3.8) is 0 Å². The van der Waals surface area contributed by atoms with Crippen molar-refractivity contribution < 1.29 is 0 Å². The first kappa shape index (κ1) is 24.6. The van der Waals surface area contributed by atoms with Gasteiger partial charge in [-0.25, -0.2) is 4.98 Å². The summed E-state index contributed by atoms with van der Waals surface area (Å²) >= 11 is 0. The third-order valence-corrected chi connectivity index (χ3v) is 8.67. The smallest absolute Gasteiger partial charge is 0.0794 e. The molecule has 9 rings (SSSR count). The number of rotatable bonds is 3. The molecule has 0 aliphatic carbocycles. The number of aromatic nitrogens is 3. The number of pyridine rings is 3. The van der Waals surface area contributed by atoms with Crippen molar-refractivity contribution in [2.45, 2.75) is 0 Å². The largest absolute Gasteiger partial charge is 0.256 e. The zero-order valence-corrected chi connectivity index (χ0v) is 23.8. The van der Waals surface area contributed by atoms with Gasteiger partial charge in [-0.3, -0.25) is 9.97 Å². The molecule has 0 saturated carbocycles. The Hall–Kier alpha value is -5.93. The third kappa shape index (κ3) is 4.02. The van der Waals surface area contributed by atoms with E-state index in [0.717, 1.165) is 76.8 Å². The molecule has 3 nitrogen and oxygen atoms in total. The van der Waals surface area contributed by atoms with Gasteiger partial charge in [-0.05, 0) is 93.9 Å². The lowest BCUT2D eigenvalue weighted by Crippen LogP contribution is -1.92. The van der Waals surface area contributed by atoms with Crippen LogP contribution >= 0.6 is 0 Å². The molecule has 44 heavy (non-hydrogen) atoms. The Morgan fingerprint density at radius 2 is 0.932 bits per heavy atom. The van der Waals surface area contributed by atoms with E-state index < -0.39 is 0 Å². The van der Waals surface area contributed by atoms with Gasteiger partial charge in [0, 0.05) is 44.9 Å². The third-order valence-electron chi connectivity index (χ3n) is 8.67. The van der Waals surface area contributed by atoms with E-state index in [4.69, 9.17) is 4.98 Å². The first-order valence-electron chi connectivity index (χ1n) is 14.8. The summed E-state index contributed by atoms with van der Waals surface area (Å²) in [5.41, 5.74) is 11.0. The molecule has 3 heterocycles. The Morgan fingerprint density at radius 3 is 1.64 bits per heavy atom. The average molecular weight is 560 g/mol. The van der Waals surface area contributed by atoms with Gasteiger partial charge < -0.3 is 0 Å². The predicted molar refractivity (Wildman–Crippen MR) is 184 cm³/mol. The van der Waals surface area contributed by atoms with Crippen LogP contribution in [0.25, 0.3) is 87.8 Å². The van der Waals surface area contributed by atoms with Gasteiger partial charge in [0.15, 0.2) is 0 Å². The van der Waals surface area contributed by atoms with Gasteiger partial charge in [0.05, 0.1) is 22.1 Å². The standard InChI is InChI=1S/C41H25N3/c1-2-10-34-26(7-1)13-16-36-40(35-11-3-4-12-39(35)44-41(34)36)33-24-31(27-14-17-37-29(21-27)8-5-19-42-37)23-32(25-33)28-15-18-38-30(22-28)9-6-20-43-38/h1-25H. The summed E-state index contributed by atoms with van der Waals surface area (Å²) in [7, 11) is 0. The summed E-state index contributed by atoms with van der Waals surface area (Å²) in [6.07, 6.45) is 3.69. The molecule has 9 aromatic rings. The molecule has 0 aliphatic heterocycles. The zero-order valence-electron chi connectivity index (χ0n) is 23.8. The van der Waals surface area contributed by atoms with Gasteiger partial charge in [-0.2, -0.15) is 0 Å². The number of para-hydroxylation sites is 1. The van der Waals surface area contributed by atoms with Crippen LogP contribution in [-0.4, -0.2) is 15.0 Å². The molecule has 0 fully saturated rings. The second kappa shape index (κ2) is 9.82. The fourth-order valence-corrected chi connectivity index (χ4v) is 6.55. The predicted octanol–water partition coefficient (Wildman–Crippen LogP) is 10.6. The van der Waals surface area contributed by atoms with Crippen molar-refractivity contribution in [2.24, 2.45) is 0 Å². The minimum Gasteiger partial charge on any atom is -0.256 e. The Balaban J connectivity index is 1.37. The molecular formula is C41H25N3. The van der Waals surface area contributed by atoms with Gasteiger partial charge in [-0.15, -0.1) is 0 Å². The summed E-state index contributed by atoms with van der Waals surface area (Å²) < 4.78 is 0. The van der Waals surface area contributed by atoms with Crippen LogP contribution in [0.2, 0.25) is 0 Å². The van der Waals surface area contributed by atoms with E-state index in [2.05, 4.69) is 137 Å². The van der Waals surface area contributed by atoms with Crippen LogP contribution in [0.4, 0.5) is 0 Å². The molecule has 0 amide bonds. The number of hydrogen-bond donors (Lipinski definition) is 0. The summed E-state index contributed by atoms with van der Waals surface area (Å²) in [4.78, 5) is 14.3. The van der Waals surface area contributed by atoms with Gasteiger partial charge in [0.2, 0.25) is 0 Å². The summed E-state index contributed by atoms with van der Waals surface area (Å²) in [6.45, 7) is 0. The quantitative estimate of drug-likeness (QED) is 0.160. The maximum Gasteiger partial charge on any atom is 0.0794 e. The van der Waals surface area contributed by atoms with E-state index in [0.29, 0.717) is 0 Å². The van der Waals surface area contributed by atoms with Crippen LogP contribution in [0.3, 0.4) is 0 Å². The van der Waals surface area contributed by atoms with E-state index in [1.165, 1.54) is 10.9 Å². The molecule has 0 spiro atoms. The van der Waals surface area contributed by atoms with E-state index in [9.17, 15) is 0 Å². The highest BCUT2D eigenvalue weighted by molar-refractivity contribution is 6.17. The Kier molecular flexibility index (Phi) is 5.50. The van der Waals surface area contributed by atoms with Gasteiger partial charge in [0.1, 0.15) is 0 Å². The second-order valence-corrected chi connectivity index (χ2v) is 11.3. The van der Waals surface area contributed by atoms with Crippen molar-refractivity contribution in [3.8, 4) is 33.4 Å². The lowest BCUT2D eigenvalue weighted by Gasteiger charge is -2.16. The van der Waals surface area contributed by atoms with Crippen molar-refractivity contribution in [1.82, 2.24) is 15.0 Å². The van der Waals surface area contributed by atoms with Crippen LogP contribution in [0.5, 0.6) is 0 Å². The van der Waals surface area contributed by atoms with Crippen molar-refractivity contribution >= 4 is 54.4 Å². The van der Waals surface area contributed by atoms with Crippen molar-refractivity contribution in [1.29, 1.82) is 0 Å². The Morgan fingerprint density at radius 1 is 0.341 bits per heavy atom.